The molecule has 0 radical (unpaired) electrons. The molecule has 0 heterocycles. The Labute approximate surface area is 111 Å². The molecule has 0 aliphatic heterocycles. The maximum atomic E-state index is 10.5. The summed E-state index contributed by atoms with van der Waals surface area (Å²) in [6, 6.07) is 5.77. The van der Waals surface area contributed by atoms with Crippen LogP contribution in [0.3, 0.4) is 0 Å². The van der Waals surface area contributed by atoms with Gasteiger partial charge in [0.25, 0.3) is 5.69 Å². The summed E-state index contributed by atoms with van der Waals surface area (Å²) >= 11 is 5.35. The van der Waals surface area contributed by atoms with E-state index in [1.54, 1.807) is 18.8 Å². The molecule has 0 fully saturated rings. The molecule has 0 aromatic heterocycles. The maximum absolute atomic E-state index is 10.5. The molecule has 1 rings (SSSR count). The minimum atomic E-state index is -2.56. The standard InChI is InChI=1S/C10H15N2O4PS/c1-4-15-17(18,11(2)3)16-10-7-5-9(6-8-10)12(13)14/h5-8H,4H2,1-3H3. The molecule has 100 valence electrons. The zero-order chi connectivity index (χ0) is 13.8. The van der Waals surface area contributed by atoms with Crippen LogP contribution in [0.1, 0.15) is 6.92 Å². The van der Waals surface area contributed by atoms with Crippen LogP contribution in [-0.4, -0.2) is 30.3 Å². The van der Waals surface area contributed by atoms with Gasteiger partial charge in [-0.05, 0) is 45.0 Å². The average Bonchev–Trinajstić information content (AvgIpc) is 2.29. The summed E-state index contributed by atoms with van der Waals surface area (Å²) in [5.41, 5.74) is 0.0110. The molecule has 0 amide bonds. The molecule has 0 spiro atoms. The van der Waals surface area contributed by atoms with Crippen molar-refractivity contribution < 1.29 is 14.0 Å². The van der Waals surface area contributed by atoms with Gasteiger partial charge in [0, 0.05) is 12.1 Å². The Morgan fingerprint density at radius 3 is 2.33 bits per heavy atom. The summed E-state index contributed by atoms with van der Waals surface area (Å²) in [6.07, 6.45) is 0. The predicted molar refractivity (Wildman–Crippen MR) is 73.3 cm³/mol. The van der Waals surface area contributed by atoms with Crippen molar-refractivity contribution >= 4 is 24.1 Å². The first-order chi connectivity index (χ1) is 8.39. The van der Waals surface area contributed by atoms with Crippen molar-refractivity contribution in [1.82, 2.24) is 4.67 Å². The zero-order valence-corrected chi connectivity index (χ0v) is 12.1. The van der Waals surface area contributed by atoms with Crippen molar-refractivity contribution in [1.29, 1.82) is 0 Å². The van der Waals surface area contributed by atoms with E-state index in [4.69, 9.17) is 20.9 Å². The van der Waals surface area contributed by atoms with Gasteiger partial charge in [-0.1, -0.05) is 0 Å². The molecule has 0 saturated carbocycles. The number of non-ortho nitro benzene ring substituents is 1. The van der Waals surface area contributed by atoms with E-state index >= 15 is 0 Å². The van der Waals surface area contributed by atoms with Gasteiger partial charge >= 0.3 is 6.64 Å². The molecule has 1 aromatic rings. The predicted octanol–water partition coefficient (Wildman–Crippen LogP) is 2.80. The monoisotopic (exact) mass is 290 g/mol. The second-order valence-electron chi connectivity index (χ2n) is 3.58. The third-order valence-corrected chi connectivity index (χ3v) is 5.58. The van der Waals surface area contributed by atoms with Gasteiger partial charge in [-0.3, -0.25) is 10.1 Å². The number of nitro benzene ring substituents is 1. The van der Waals surface area contributed by atoms with Crippen LogP contribution in [0.4, 0.5) is 5.69 Å². The van der Waals surface area contributed by atoms with Crippen LogP contribution in [0.5, 0.6) is 5.75 Å². The topological polar surface area (TPSA) is 64.8 Å². The van der Waals surface area contributed by atoms with Crippen LogP contribution in [0, 0.1) is 10.1 Å². The Balaban J connectivity index is 2.88. The van der Waals surface area contributed by atoms with Crippen molar-refractivity contribution in [3.05, 3.63) is 34.4 Å². The fourth-order valence-corrected chi connectivity index (χ4v) is 2.88. The third-order valence-electron chi connectivity index (χ3n) is 2.05. The van der Waals surface area contributed by atoms with Gasteiger partial charge < -0.3 is 9.05 Å². The summed E-state index contributed by atoms with van der Waals surface area (Å²) < 4.78 is 12.8. The minimum absolute atomic E-state index is 0.0110. The normalized spacial score (nSPS) is 14.2. The molecular formula is C10H15N2O4PS. The van der Waals surface area contributed by atoms with E-state index in [1.165, 1.54) is 24.3 Å². The summed E-state index contributed by atoms with van der Waals surface area (Å²) in [5.74, 6) is 0.464. The highest BCUT2D eigenvalue weighted by Gasteiger charge is 2.23. The SMILES string of the molecule is CCOP(=S)(Oc1ccc([N+](=O)[O-])cc1)N(C)C. The van der Waals surface area contributed by atoms with Gasteiger partial charge in [0.2, 0.25) is 0 Å². The number of nitrogens with zero attached hydrogens (tertiary/aromatic N) is 2. The average molecular weight is 290 g/mol. The second-order valence-corrected chi connectivity index (χ2v) is 7.14. The fourth-order valence-electron chi connectivity index (χ4n) is 1.15. The Morgan fingerprint density at radius 2 is 1.94 bits per heavy atom. The van der Waals surface area contributed by atoms with Crippen molar-refractivity contribution in [2.75, 3.05) is 20.7 Å². The van der Waals surface area contributed by atoms with Crippen LogP contribution < -0.4 is 4.52 Å². The van der Waals surface area contributed by atoms with E-state index in [2.05, 4.69) is 0 Å². The molecule has 0 aliphatic carbocycles. The van der Waals surface area contributed by atoms with Crippen molar-refractivity contribution in [2.45, 2.75) is 6.92 Å². The molecule has 0 bridgehead atoms. The molecule has 0 aliphatic rings. The zero-order valence-electron chi connectivity index (χ0n) is 10.4. The molecule has 0 N–H and O–H groups in total. The van der Waals surface area contributed by atoms with Gasteiger partial charge in [-0.2, -0.15) is 0 Å². The van der Waals surface area contributed by atoms with Crippen molar-refractivity contribution in [3.8, 4) is 5.75 Å². The van der Waals surface area contributed by atoms with E-state index in [0.717, 1.165) is 0 Å². The molecule has 0 saturated heterocycles. The second kappa shape index (κ2) is 6.24. The first kappa shape index (κ1) is 15.0. The smallest absolute Gasteiger partial charge is 0.314 e. The van der Waals surface area contributed by atoms with Gasteiger partial charge in [0.15, 0.2) is 0 Å². The Hall–Kier alpha value is -1.01. The third kappa shape index (κ3) is 3.74. The molecule has 18 heavy (non-hydrogen) atoms. The first-order valence-electron chi connectivity index (χ1n) is 5.25. The number of nitro groups is 1. The largest absolute Gasteiger partial charge is 0.433 e. The number of benzene rings is 1. The molecule has 8 heteroatoms. The van der Waals surface area contributed by atoms with Crippen LogP contribution in [0.15, 0.2) is 24.3 Å². The lowest BCUT2D eigenvalue weighted by Gasteiger charge is -2.27. The van der Waals surface area contributed by atoms with Gasteiger partial charge in [-0.25, -0.2) is 4.67 Å². The molecule has 1 unspecified atom stereocenters. The number of hydrogen-bond acceptors (Lipinski definition) is 5. The molecule has 1 atom stereocenters. The van der Waals surface area contributed by atoms with Crippen LogP contribution in [-0.2, 0) is 16.3 Å². The van der Waals surface area contributed by atoms with Crippen LogP contribution >= 0.6 is 6.64 Å². The Kier molecular flexibility index (Phi) is 5.22. The lowest BCUT2D eigenvalue weighted by molar-refractivity contribution is -0.384. The van der Waals surface area contributed by atoms with Gasteiger partial charge in [-0.15, -0.1) is 0 Å². The molecule has 6 nitrogen and oxygen atoms in total. The lowest BCUT2D eigenvalue weighted by Crippen LogP contribution is -2.15. The minimum Gasteiger partial charge on any atom is -0.433 e. The highest BCUT2D eigenvalue weighted by molar-refractivity contribution is 8.08. The highest BCUT2D eigenvalue weighted by Crippen LogP contribution is 2.50. The number of rotatable bonds is 6. The molecular weight excluding hydrogens is 275 g/mol. The van der Waals surface area contributed by atoms with Crippen LogP contribution in [0.2, 0.25) is 0 Å². The van der Waals surface area contributed by atoms with Crippen molar-refractivity contribution in [2.24, 2.45) is 0 Å². The number of hydrogen-bond donors (Lipinski definition) is 0. The van der Waals surface area contributed by atoms with Gasteiger partial charge in [0.1, 0.15) is 5.75 Å². The van der Waals surface area contributed by atoms with E-state index in [-0.39, 0.29) is 5.69 Å². The fraction of sp³-hybridized carbons (Fsp3) is 0.400. The Bertz CT molecular complexity index is 463. The van der Waals surface area contributed by atoms with Gasteiger partial charge in [0.05, 0.1) is 11.5 Å². The van der Waals surface area contributed by atoms with E-state index < -0.39 is 11.6 Å². The maximum Gasteiger partial charge on any atom is 0.314 e. The summed E-state index contributed by atoms with van der Waals surface area (Å²) in [4.78, 5) is 10.1. The highest BCUT2D eigenvalue weighted by atomic mass is 32.5. The van der Waals surface area contributed by atoms with E-state index in [9.17, 15) is 10.1 Å². The Morgan fingerprint density at radius 1 is 1.39 bits per heavy atom. The summed E-state index contributed by atoms with van der Waals surface area (Å²) in [5, 5.41) is 10.5. The summed E-state index contributed by atoms with van der Waals surface area (Å²) in [7, 11) is 3.56. The van der Waals surface area contributed by atoms with E-state index in [0.29, 0.717) is 12.4 Å². The van der Waals surface area contributed by atoms with Crippen molar-refractivity contribution in [3.63, 3.8) is 0 Å². The lowest BCUT2D eigenvalue weighted by atomic mass is 10.3. The van der Waals surface area contributed by atoms with E-state index in [1.807, 2.05) is 6.92 Å². The van der Waals surface area contributed by atoms with Crippen LogP contribution in [0.25, 0.3) is 0 Å². The molecule has 1 aromatic carbocycles. The summed E-state index contributed by atoms with van der Waals surface area (Å²) in [6.45, 7) is -0.271. The quantitative estimate of drug-likeness (QED) is 0.456. The first-order valence-corrected chi connectivity index (χ1v) is 7.84.